The minimum atomic E-state index is 0.00697. The van der Waals surface area contributed by atoms with Crippen molar-refractivity contribution in [3.05, 3.63) is 124 Å². The van der Waals surface area contributed by atoms with Crippen molar-refractivity contribution >= 4 is 57.2 Å². The smallest absolute Gasteiger partial charge is 0.252 e. The fraction of sp³-hybridized carbons (Fsp3) is 0.552. The predicted octanol–water partition coefficient (Wildman–Crippen LogP) is 16.2. The van der Waals surface area contributed by atoms with Crippen molar-refractivity contribution in [1.82, 2.24) is 0 Å². The highest BCUT2D eigenvalue weighted by molar-refractivity contribution is 7.00. The summed E-state index contributed by atoms with van der Waals surface area (Å²) in [6.07, 6.45) is 13.7. The molecule has 0 amide bonds. The Kier molecular flexibility index (Phi) is 9.17. The molecule has 0 radical (unpaired) electrons. The SMILES string of the molecule is CCC1CC2CCC3(c4cc5c6c(c4)N(c4ccc7c(c4)C(C)(C)CC7(C)C)c4cc7c(cc4B6c4cc(C(C)(C)C)ccc4N5c4ccc(C(C)(C)C)cc4)C(C)(C)CC7(C)C)CC4CC2(C3)[C@H]4C1. The topological polar surface area (TPSA) is 6.48 Å². The summed E-state index contributed by atoms with van der Waals surface area (Å²) in [6.45, 7) is 36.8. The van der Waals surface area contributed by atoms with Gasteiger partial charge in [-0.25, -0.2) is 0 Å². The number of benzene rings is 5. The van der Waals surface area contributed by atoms with Crippen molar-refractivity contribution in [1.29, 1.82) is 0 Å². The third-order valence-corrected chi connectivity index (χ3v) is 21.5. The zero-order chi connectivity index (χ0) is 49.2. The van der Waals surface area contributed by atoms with E-state index in [2.05, 4.69) is 199 Å². The molecule has 5 aromatic rings. The maximum Gasteiger partial charge on any atom is 0.252 e. The molecule has 2 nitrogen and oxygen atoms in total. The molecule has 5 saturated carbocycles. The van der Waals surface area contributed by atoms with Crippen molar-refractivity contribution in [2.75, 3.05) is 9.80 Å². The predicted molar refractivity (Wildman–Crippen MR) is 300 cm³/mol. The molecule has 9 aliphatic rings. The molecule has 1 spiro atoms. The molecule has 5 fully saturated rings. The van der Waals surface area contributed by atoms with Crippen LogP contribution in [0.3, 0.4) is 0 Å². The lowest BCUT2D eigenvalue weighted by Crippen LogP contribution is -2.66. The van der Waals surface area contributed by atoms with Crippen molar-refractivity contribution in [3.8, 4) is 0 Å². The lowest BCUT2D eigenvalue weighted by Gasteiger charge is -2.74. The van der Waals surface area contributed by atoms with Crippen LogP contribution in [0.4, 0.5) is 34.1 Å². The molecule has 0 saturated heterocycles. The Labute approximate surface area is 423 Å². The van der Waals surface area contributed by atoms with Crippen molar-refractivity contribution in [2.24, 2.45) is 29.1 Å². The van der Waals surface area contributed by atoms with Gasteiger partial charge in [0.05, 0.1) is 0 Å². The molecule has 2 heterocycles. The largest absolute Gasteiger partial charge is 0.311 e. The molecule has 0 N–H and O–H groups in total. The van der Waals surface area contributed by atoms with Gasteiger partial charge < -0.3 is 9.80 Å². The minimum absolute atomic E-state index is 0.00697. The number of hydrogen-bond donors (Lipinski definition) is 0. The maximum atomic E-state index is 2.83. The van der Waals surface area contributed by atoms with Crippen LogP contribution < -0.4 is 26.2 Å². The quantitative estimate of drug-likeness (QED) is 0.162. The van der Waals surface area contributed by atoms with E-state index < -0.39 is 0 Å². The van der Waals surface area contributed by atoms with Crippen LogP contribution in [-0.4, -0.2) is 6.71 Å². The van der Waals surface area contributed by atoms with Crippen LogP contribution in [0.1, 0.15) is 207 Å². The van der Waals surface area contributed by atoms with E-state index >= 15 is 0 Å². The fourth-order valence-electron chi connectivity index (χ4n) is 18.6. The standard InChI is InChI=1S/C67H83BN2/c1-16-40-27-44-25-26-66(35-41-36-67(44,39-66)49(41)28-40)45-30-57-59-58(31-45)70(47-22-23-48-50(32-47)63(10,11)37-62(48,8)9)56-34-52-51(64(12,13)38-65(52,14)15)33-54(56)68(59)53-29-43(61(5,6)7)19-24-55(53)69(57)46-20-17-42(18-21-46)60(2,3)4/h17-24,29-34,40-41,44,49H,16,25-28,35-39H2,1-15H3/t40?,41?,44?,49-,66?,67?/m0/s1. The van der Waals surface area contributed by atoms with Gasteiger partial charge in [0.25, 0.3) is 6.71 Å². The van der Waals surface area contributed by atoms with Crippen LogP contribution in [0.25, 0.3) is 0 Å². The number of rotatable bonds is 4. The zero-order valence-corrected chi connectivity index (χ0v) is 45.9. The first kappa shape index (κ1) is 45.6. The van der Waals surface area contributed by atoms with Crippen LogP contribution in [0.2, 0.25) is 0 Å². The first-order chi connectivity index (χ1) is 32.8. The molecule has 3 heteroatoms. The van der Waals surface area contributed by atoms with Crippen molar-refractivity contribution in [3.63, 3.8) is 0 Å². The van der Waals surface area contributed by atoms with Gasteiger partial charge in [-0.1, -0.05) is 147 Å². The number of nitrogens with zero attached hydrogens (tertiary/aromatic N) is 2. The van der Waals surface area contributed by atoms with E-state index in [4.69, 9.17) is 0 Å². The summed E-state index contributed by atoms with van der Waals surface area (Å²) in [7, 11) is 0. The molecule has 2 aliphatic heterocycles. The summed E-state index contributed by atoms with van der Waals surface area (Å²) in [6, 6.07) is 36.2. The monoisotopic (exact) mass is 927 g/mol. The van der Waals surface area contributed by atoms with Crippen LogP contribution >= 0.6 is 0 Å². The number of anilines is 6. The second-order valence-corrected chi connectivity index (χ2v) is 29.9. The molecule has 364 valence electrons. The second-order valence-electron chi connectivity index (χ2n) is 29.9. The Hall–Kier alpha value is -4.24. The summed E-state index contributed by atoms with van der Waals surface area (Å²) < 4.78 is 0. The van der Waals surface area contributed by atoms with Gasteiger partial charge in [0.1, 0.15) is 0 Å². The first-order valence-electron chi connectivity index (χ1n) is 28.1. The third-order valence-electron chi connectivity index (χ3n) is 21.5. The maximum absolute atomic E-state index is 2.83. The molecule has 7 aliphatic carbocycles. The minimum Gasteiger partial charge on any atom is -0.311 e. The second kappa shape index (κ2) is 14.1. The van der Waals surface area contributed by atoms with Gasteiger partial charge in [-0.2, -0.15) is 0 Å². The molecule has 5 aromatic carbocycles. The number of hydrogen-bond acceptors (Lipinski definition) is 2. The van der Waals surface area contributed by atoms with Crippen LogP contribution in [0.15, 0.2) is 84.9 Å². The van der Waals surface area contributed by atoms with Gasteiger partial charge in [0.2, 0.25) is 0 Å². The van der Waals surface area contributed by atoms with Gasteiger partial charge in [-0.15, -0.1) is 0 Å². The molecular formula is C67H83BN2. The molecule has 6 atom stereocenters. The normalized spacial score (nSPS) is 29.7. The molecule has 70 heavy (non-hydrogen) atoms. The summed E-state index contributed by atoms with van der Waals surface area (Å²) in [5.41, 5.74) is 24.4. The van der Waals surface area contributed by atoms with E-state index in [1.54, 1.807) is 16.7 Å². The van der Waals surface area contributed by atoms with Gasteiger partial charge in [0.15, 0.2) is 0 Å². The first-order valence-corrected chi connectivity index (χ1v) is 28.1. The molecule has 14 rings (SSSR count). The number of fused-ring (bicyclic) bond motifs is 6. The highest BCUT2D eigenvalue weighted by Crippen LogP contribution is 2.77. The zero-order valence-electron chi connectivity index (χ0n) is 45.9. The van der Waals surface area contributed by atoms with Crippen molar-refractivity contribution in [2.45, 2.75) is 206 Å². The van der Waals surface area contributed by atoms with E-state index in [-0.39, 0.29) is 44.6 Å². The Morgan fingerprint density at radius 3 is 1.76 bits per heavy atom. The van der Waals surface area contributed by atoms with E-state index in [0.29, 0.717) is 5.41 Å². The fourth-order valence-corrected chi connectivity index (χ4v) is 18.6. The molecule has 5 unspecified atom stereocenters. The lowest BCUT2D eigenvalue weighted by molar-refractivity contribution is -0.221. The average Bonchev–Trinajstić information content (AvgIpc) is 3.60. The summed E-state index contributed by atoms with van der Waals surface area (Å²) >= 11 is 0. The molecular weight excluding hydrogens is 844 g/mol. The summed E-state index contributed by atoms with van der Waals surface area (Å²) in [5.74, 6) is 3.67. The Morgan fingerprint density at radius 2 is 1.11 bits per heavy atom. The van der Waals surface area contributed by atoms with Crippen LogP contribution in [0, 0.1) is 29.1 Å². The van der Waals surface area contributed by atoms with Crippen molar-refractivity contribution < 1.29 is 0 Å². The summed E-state index contributed by atoms with van der Waals surface area (Å²) in [5, 5.41) is 0. The Balaban J connectivity index is 1.12. The molecule has 0 aromatic heterocycles. The van der Waals surface area contributed by atoms with Crippen LogP contribution in [0.5, 0.6) is 0 Å². The van der Waals surface area contributed by atoms with Gasteiger partial charge in [-0.05, 0) is 229 Å². The van der Waals surface area contributed by atoms with E-state index in [1.165, 1.54) is 131 Å². The van der Waals surface area contributed by atoms with Gasteiger partial charge >= 0.3 is 0 Å². The Morgan fingerprint density at radius 1 is 0.543 bits per heavy atom. The Bertz CT molecular complexity index is 3030. The summed E-state index contributed by atoms with van der Waals surface area (Å²) in [4.78, 5) is 5.57. The highest BCUT2D eigenvalue weighted by atomic mass is 15.2. The van der Waals surface area contributed by atoms with Gasteiger partial charge in [0, 0.05) is 34.1 Å². The van der Waals surface area contributed by atoms with E-state index in [0.717, 1.165) is 30.1 Å². The highest BCUT2D eigenvalue weighted by Gasteiger charge is 2.69. The van der Waals surface area contributed by atoms with E-state index in [9.17, 15) is 0 Å². The van der Waals surface area contributed by atoms with Crippen LogP contribution in [-0.2, 0) is 37.9 Å². The lowest BCUT2D eigenvalue weighted by atomic mass is 9.30. The third kappa shape index (κ3) is 6.17. The molecule has 3 bridgehead atoms. The van der Waals surface area contributed by atoms with Gasteiger partial charge in [-0.3, -0.25) is 0 Å². The average molecular weight is 927 g/mol. The van der Waals surface area contributed by atoms with E-state index in [1.807, 2.05) is 0 Å².